The first-order valence-corrected chi connectivity index (χ1v) is 7.67. The lowest BCUT2D eigenvalue weighted by molar-refractivity contribution is -0.385. The van der Waals surface area contributed by atoms with Gasteiger partial charge in [0, 0.05) is 6.54 Å². The Morgan fingerprint density at radius 2 is 1.95 bits per heavy atom. The minimum Gasteiger partial charge on any atom is -0.352 e. The molecule has 0 unspecified atom stereocenters. The van der Waals surface area contributed by atoms with Gasteiger partial charge in [0.15, 0.2) is 0 Å². The van der Waals surface area contributed by atoms with E-state index in [2.05, 4.69) is 5.32 Å². The molecule has 2 saturated carbocycles. The van der Waals surface area contributed by atoms with Crippen LogP contribution >= 0.6 is 11.6 Å². The van der Waals surface area contributed by atoms with Crippen molar-refractivity contribution in [3.63, 3.8) is 0 Å². The molecule has 112 valence electrons. The van der Waals surface area contributed by atoms with Gasteiger partial charge < -0.3 is 5.32 Å². The fourth-order valence-corrected chi connectivity index (χ4v) is 3.20. The molecule has 0 aromatic heterocycles. The van der Waals surface area contributed by atoms with Crippen molar-refractivity contribution >= 4 is 23.2 Å². The van der Waals surface area contributed by atoms with E-state index in [1.54, 1.807) is 6.07 Å². The molecule has 6 heteroatoms. The van der Waals surface area contributed by atoms with Gasteiger partial charge in [-0.3, -0.25) is 14.9 Å². The summed E-state index contributed by atoms with van der Waals surface area (Å²) in [6, 6.07) is 4.43. The van der Waals surface area contributed by atoms with Crippen LogP contribution in [0.4, 0.5) is 5.69 Å². The number of hydrogen-bond donors (Lipinski definition) is 1. The minimum absolute atomic E-state index is 0.00594. The van der Waals surface area contributed by atoms with Gasteiger partial charge in [-0.2, -0.15) is 0 Å². The van der Waals surface area contributed by atoms with Crippen molar-refractivity contribution < 1.29 is 9.72 Å². The third-order valence-corrected chi connectivity index (χ3v) is 4.67. The second-order valence-electron chi connectivity index (χ2n) is 5.94. The van der Waals surface area contributed by atoms with Crippen LogP contribution in [0.1, 0.15) is 36.0 Å². The Morgan fingerprint density at radius 1 is 1.33 bits per heavy atom. The predicted octanol–water partition coefficient (Wildman–Crippen LogP) is 3.41. The second kappa shape index (κ2) is 5.64. The molecule has 21 heavy (non-hydrogen) atoms. The molecule has 2 aliphatic carbocycles. The first kappa shape index (κ1) is 14.3. The normalized spacial score (nSPS) is 17.8. The number of hydrogen-bond acceptors (Lipinski definition) is 3. The number of nitrogens with one attached hydrogen (secondary N) is 1. The summed E-state index contributed by atoms with van der Waals surface area (Å²) in [5.74, 6) is 1.59. The number of halogens is 1. The summed E-state index contributed by atoms with van der Waals surface area (Å²) in [5.41, 5.74) is -0.274. The Balaban J connectivity index is 1.70. The number of carbonyl (C=O) groups excluding carboxylic acids is 1. The molecule has 2 fully saturated rings. The van der Waals surface area contributed by atoms with Crippen LogP contribution < -0.4 is 5.32 Å². The maximum Gasteiger partial charge on any atom is 0.300 e. The number of nitrogens with zero attached hydrogens (tertiary/aromatic N) is 1. The standard InChI is InChI=1S/C15H17ClN2O3/c16-13-3-1-2-11(14(13)18(20)21)15(19)17-8-12(9-4-5-9)10-6-7-10/h1-3,9-10,12H,4-8H2,(H,17,19). The zero-order valence-electron chi connectivity index (χ0n) is 11.5. The second-order valence-corrected chi connectivity index (χ2v) is 6.35. The highest BCUT2D eigenvalue weighted by Gasteiger charge is 2.41. The van der Waals surface area contributed by atoms with E-state index in [0.717, 1.165) is 11.8 Å². The summed E-state index contributed by atoms with van der Waals surface area (Å²) in [6.07, 6.45) is 4.98. The lowest BCUT2D eigenvalue weighted by Gasteiger charge is -2.16. The smallest absolute Gasteiger partial charge is 0.300 e. The van der Waals surface area contributed by atoms with Crippen LogP contribution in [-0.4, -0.2) is 17.4 Å². The number of amides is 1. The SMILES string of the molecule is O=C(NCC(C1CC1)C1CC1)c1cccc(Cl)c1[N+](=O)[O-]. The maximum absolute atomic E-state index is 12.2. The van der Waals surface area contributed by atoms with Gasteiger partial charge in [0.05, 0.1) is 4.92 Å². The largest absolute Gasteiger partial charge is 0.352 e. The van der Waals surface area contributed by atoms with Gasteiger partial charge >= 0.3 is 5.69 Å². The van der Waals surface area contributed by atoms with Gasteiger partial charge in [-0.25, -0.2) is 0 Å². The Bertz CT molecular complexity index is 570. The molecule has 2 aliphatic rings. The molecule has 0 aliphatic heterocycles. The van der Waals surface area contributed by atoms with Crippen LogP contribution in [0.15, 0.2) is 18.2 Å². The fourth-order valence-electron chi connectivity index (χ4n) is 2.96. The quantitative estimate of drug-likeness (QED) is 0.646. The average Bonchev–Trinajstić information content (AvgIpc) is 3.31. The highest BCUT2D eigenvalue weighted by Crippen LogP contribution is 2.48. The van der Waals surface area contributed by atoms with E-state index in [1.165, 1.54) is 37.8 Å². The Kier molecular flexibility index (Phi) is 3.85. The van der Waals surface area contributed by atoms with Crippen molar-refractivity contribution in [1.82, 2.24) is 5.32 Å². The van der Waals surface area contributed by atoms with Crippen LogP contribution in [0.25, 0.3) is 0 Å². The molecule has 1 aromatic rings. The van der Waals surface area contributed by atoms with E-state index >= 15 is 0 Å². The first-order chi connectivity index (χ1) is 10.1. The van der Waals surface area contributed by atoms with Crippen molar-refractivity contribution in [1.29, 1.82) is 0 Å². The van der Waals surface area contributed by atoms with Crippen LogP contribution in [0.2, 0.25) is 5.02 Å². The van der Waals surface area contributed by atoms with Crippen LogP contribution in [0.5, 0.6) is 0 Å². The van der Waals surface area contributed by atoms with Crippen molar-refractivity contribution in [2.45, 2.75) is 25.7 Å². The molecule has 1 aromatic carbocycles. The van der Waals surface area contributed by atoms with E-state index in [-0.39, 0.29) is 16.3 Å². The Morgan fingerprint density at radius 3 is 2.48 bits per heavy atom. The molecule has 0 radical (unpaired) electrons. The highest BCUT2D eigenvalue weighted by atomic mass is 35.5. The zero-order valence-corrected chi connectivity index (χ0v) is 12.3. The summed E-state index contributed by atoms with van der Waals surface area (Å²) in [5, 5.41) is 13.9. The molecule has 0 spiro atoms. The van der Waals surface area contributed by atoms with Crippen molar-refractivity contribution in [2.75, 3.05) is 6.54 Å². The zero-order chi connectivity index (χ0) is 15.0. The predicted molar refractivity (Wildman–Crippen MR) is 79.4 cm³/mol. The van der Waals surface area contributed by atoms with E-state index in [1.807, 2.05) is 0 Å². The van der Waals surface area contributed by atoms with Gasteiger partial charge in [0.25, 0.3) is 5.91 Å². The molecular weight excluding hydrogens is 292 g/mol. The molecule has 1 N–H and O–H groups in total. The first-order valence-electron chi connectivity index (χ1n) is 7.29. The minimum atomic E-state index is -0.601. The number of para-hydroxylation sites is 1. The van der Waals surface area contributed by atoms with Crippen LogP contribution in [0.3, 0.4) is 0 Å². The molecule has 0 atom stereocenters. The number of nitro groups is 1. The fraction of sp³-hybridized carbons (Fsp3) is 0.533. The number of carbonyl (C=O) groups is 1. The van der Waals surface area contributed by atoms with Gasteiger partial charge in [0.1, 0.15) is 10.6 Å². The maximum atomic E-state index is 12.2. The summed E-state index contributed by atoms with van der Waals surface area (Å²) in [4.78, 5) is 22.7. The molecule has 1 amide bonds. The molecule has 0 saturated heterocycles. The third kappa shape index (κ3) is 3.18. The van der Waals surface area contributed by atoms with E-state index in [9.17, 15) is 14.9 Å². The Labute approximate surface area is 127 Å². The summed E-state index contributed by atoms with van der Waals surface area (Å²) >= 11 is 5.83. The van der Waals surface area contributed by atoms with Gasteiger partial charge in [-0.1, -0.05) is 17.7 Å². The average molecular weight is 309 g/mol. The van der Waals surface area contributed by atoms with Crippen LogP contribution in [0, 0.1) is 27.9 Å². The molecular formula is C15H17ClN2O3. The van der Waals surface area contributed by atoms with Crippen molar-refractivity contribution in [3.8, 4) is 0 Å². The topological polar surface area (TPSA) is 72.2 Å². The van der Waals surface area contributed by atoms with E-state index in [4.69, 9.17) is 11.6 Å². The number of benzene rings is 1. The van der Waals surface area contributed by atoms with Crippen LogP contribution in [-0.2, 0) is 0 Å². The van der Waals surface area contributed by atoms with Crippen molar-refractivity contribution in [2.24, 2.45) is 17.8 Å². The van der Waals surface area contributed by atoms with E-state index in [0.29, 0.717) is 12.5 Å². The summed E-state index contributed by atoms with van der Waals surface area (Å²) in [7, 11) is 0. The Hall–Kier alpha value is -1.62. The molecule has 0 heterocycles. The molecule has 0 bridgehead atoms. The highest BCUT2D eigenvalue weighted by molar-refractivity contribution is 6.33. The number of rotatable bonds is 6. The lowest BCUT2D eigenvalue weighted by atomic mass is 9.98. The van der Waals surface area contributed by atoms with Gasteiger partial charge in [-0.15, -0.1) is 0 Å². The summed E-state index contributed by atoms with van der Waals surface area (Å²) < 4.78 is 0. The number of nitro benzene ring substituents is 1. The van der Waals surface area contributed by atoms with Gasteiger partial charge in [-0.05, 0) is 55.6 Å². The van der Waals surface area contributed by atoms with Crippen molar-refractivity contribution in [3.05, 3.63) is 38.9 Å². The summed E-state index contributed by atoms with van der Waals surface area (Å²) in [6.45, 7) is 0.609. The molecule has 3 rings (SSSR count). The lowest BCUT2D eigenvalue weighted by Crippen LogP contribution is -2.31. The molecule has 5 nitrogen and oxygen atoms in total. The monoisotopic (exact) mass is 308 g/mol. The van der Waals surface area contributed by atoms with Gasteiger partial charge in [0.2, 0.25) is 0 Å². The third-order valence-electron chi connectivity index (χ3n) is 4.37. The van der Waals surface area contributed by atoms with E-state index < -0.39 is 10.8 Å².